The summed E-state index contributed by atoms with van der Waals surface area (Å²) in [5.74, 6) is -0.977. The number of rotatable bonds is 2. The molecule has 6 nitrogen and oxygen atoms in total. The van der Waals surface area contributed by atoms with Gasteiger partial charge in [-0.25, -0.2) is 4.79 Å². The summed E-state index contributed by atoms with van der Waals surface area (Å²) in [5, 5.41) is 19.7. The second-order valence-corrected chi connectivity index (χ2v) is 5.90. The molecule has 0 aromatic rings. The first kappa shape index (κ1) is 17.4. The fraction of sp³-hybridized carbons (Fsp3) is 0.529. The molecule has 0 aromatic heterocycles. The van der Waals surface area contributed by atoms with Crippen molar-refractivity contribution >= 4 is 11.9 Å². The predicted molar refractivity (Wildman–Crippen MR) is 82.3 cm³/mol. The number of hydrogen-bond donors (Lipinski definition) is 2. The quantitative estimate of drug-likeness (QED) is 0.586. The summed E-state index contributed by atoms with van der Waals surface area (Å²) in [6.07, 6.45) is 2.25. The summed E-state index contributed by atoms with van der Waals surface area (Å²) < 4.78 is 10.6. The highest BCUT2D eigenvalue weighted by molar-refractivity contribution is 5.93. The molecule has 0 saturated heterocycles. The van der Waals surface area contributed by atoms with E-state index in [9.17, 15) is 19.8 Å². The lowest BCUT2D eigenvalue weighted by Crippen LogP contribution is -2.26. The minimum atomic E-state index is -0.754. The van der Waals surface area contributed by atoms with Crippen LogP contribution in [-0.4, -0.2) is 47.1 Å². The first-order valence-electron chi connectivity index (χ1n) is 7.57. The monoisotopic (exact) mass is 322 g/mol. The Bertz CT molecular complexity index is 598. The molecule has 0 spiro atoms. The zero-order valence-corrected chi connectivity index (χ0v) is 13.5. The van der Waals surface area contributed by atoms with Gasteiger partial charge in [-0.3, -0.25) is 4.79 Å². The van der Waals surface area contributed by atoms with E-state index in [-0.39, 0.29) is 18.6 Å². The summed E-state index contributed by atoms with van der Waals surface area (Å²) >= 11 is 0. The molecule has 0 fully saturated rings. The second-order valence-electron chi connectivity index (χ2n) is 5.90. The maximum absolute atomic E-state index is 11.9. The lowest BCUT2D eigenvalue weighted by atomic mass is 9.92. The van der Waals surface area contributed by atoms with Gasteiger partial charge in [0.15, 0.2) is 0 Å². The van der Waals surface area contributed by atoms with Gasteiger partial charge in [0.1, 0.15) is 12.2 Å². The molecule has 0 bridgehead atoms. The lowest BCUT2D eigenvalue weighted by molar-refractivity contribution is -0.146. The maximum atomic E-state index is 11.9. The molecular formula is C17H22O6. The molecule has 1 aliphatic heterocycles. The molecule has 0 radical (unpaired) electrons. The number of carbonyl (C=O) groups excluding carboxylic acids is 2. The third-order valence-corrected chi connectivity index (χ3v) is 4.21. The fourth-order valence-corrected chi connectivity index (χ4v) is 2.77. The Morgan fingerprint density at radius 3 is 2.70 bits per heavy atom. The van der Waals surface area contributed by atoms with Gasteiger partial charge in [0.2, 0.25) is 0 Å². The van der Waals surface area contributed by atoms with Gasteiger partial charge in [-0.2, -0.15) is 0 Å². The number of allylic oxidation sites excluding steroid dienone is 1. The lowest BCUT2D eigenvalue weighted by Gasteiger charge is -2.24. The first-order chi connectivity index (χ1) is 10.8. The molecule has 23 heavy (non-hydrogen) atoms. The largest absolute Gasteiger partial charge is 0.458 e. The van der Waals surface area contributed by atoms with E-state index in [1.165, 1.54) is 6.92 Å². The van der Waals surface area contributed by atoms with Crippen molar-refractivity contribution < 1.29 is 29.3 Å². The van der Waals surface area contributed by atoms with Gasteiger partial charge in [0.05, 0.1) is 18.3 Å². The van der Waals surface area contributed by atoms with Gasteiger partial charge >= 0.3 is 11.9 Å². The van der Waals surface area contributed by atoms with Gasteiger partial charge in [-0.05, 0) is 43.1 Å². The Hall–Kier alpha value is -1.92. The van der Waals surface area contributed by atoms with Crippen LogP contribution in [0.4, 0.5) is 0 Å². The van der Waals surface area contributed by atoms with Crippen LogP contribution >= 0.6 is 0 Å². The van der Waals surface area contributed by atoms with Crippen LogP contribution in [0.3, 0.4) is 0 Å². The molecule has 6 heteroatoms. The number of fused-ring (bicyclic) bond motifs is 1. The van der Waals surface area contributed by atoms with Crippen molar-refractivity contribution in [3.63, 3.8) is 0 Å². The third-order valence-electron chi connectivity index (χ3n) is 4.21. The van der Waals surface area contributed by atoms with Crippen LogP contribution in [0.25, 0.3) is 0 Å². The van der Waals surface area contributed by atoms with Crippen LogP contribution in [0.15, 0.2) is 34.4 Å². The summed E-state index contributed by atoms with van der Waals surface area (Å²) in [6.45, 7) is 4.47. The molecule has 2 N–H and O–H groups in total. The Morgan fingerprint density at radius 2 is 2.09 bits per heavy atom. The van der Waals surface area contributed by atoms with Crippen molar-refractivity contribution in [2.75, 3.05) is 6.61 Å². The van der Waals surface area contributed by atoms with Gasteiger partial charge < -0.3 is 19.7 Å². The molecule has 2 rings (SSSR count). The molecule has 0 saturated carbocycles. The zero-order chi connectivity index (χ0) is 17.1. The normalized spacial score (nSPS) is 33.1. The summed E-state index contributed by atoms with van der Waals surface area (Å²) in [7, 11) is 0. The Labute approximate surface area is 135 Å². The van der Waals surface area contributed by atoms with Gasteiger partial charge in [-0.1, -0.05) is 6.08 Å². The van der Waals surface area contributed by atoms with E-state index in [1.54, 1.807) is 19.9 Å². The van der Waals surface area contributed by atoms with Crippen LogP contribution in [0, 0.1) is 0 Å². The van der Waals surface area contributed by atoms with Crippen LogP contribution in [0.1, 0.15) is 33.6 Å². The molecule has 0 aromatic carbocycles. The number of ether oxygens (including phenoxy) is 2. The maximum Gasteiger partial charge on any atom is 0.337 e. The number of aliphatic hydroxyl groups excluding tert-OH is 2. The summed E-state index contributed by atoms with van der Waals surface area (Å²) in [6, 6.07) is 0. The third kappa shape index (κ3) is 3.89. The molecule has 2 aliphatic rings. The number of hydrogen-bond acceptors (Lipinski definition) is 6. The Balaban J connectivity index is 2.44. The van der Waals surface area contributed by atoms with Gasteiger partial charge in [-0.15, -0.1) is 0 Å². The minimum absolute atomic E-state index is 0.247. The van der Waals surface area contributed by atoms with Gasteiger partial charge in [0.25, 0.3) is 0 Å². The highest BCUT2D eigenvalue weighted by atomic mass is 16.6. The fourth-order valence-electron chi connectivity index (χ4n) is 2.77. The molecular weight excluding hydrogens is 300 g/mol. The average molecular weight is 322 g/mol. The highest BCUT2D eigenvalue weighted by Gasteiger charge is 2.33. The van der Waals surface area contributed by atoms with Crippen molar-refractivity contribution in [3.8, 4) is 0 Å². The van der Waals surface area contributed by atoms with Crippen LogP contribution in [0.2, 0.25) is 0 Å². The Kier molecular flexibility index (Phi) is 5.38. The zero-order valence-electron chi connectivity index (χ0n) is 13.5. The highest BCUT2D eigenvalue weighted by Crippen LogP contribution is 2.31. The first-order valence-corrected chi connectivity index (χ1v) is 7.57. The van der Waals surface area contributed by atoms with E-state index in [2.05, 4.69) is 0 Å². The molecule has 0 amide bonds. The van der Waals surface area contributed by atoms with Gasteiger partial charge in [0, 0.05) is 13.3 Å². The molecule has 3 atom stereocenters. The van der Waals surface area contributed by atoms with Crippen LogP contribution < -0.4 is 0 Å². The second kappa shape index (κ2) is 7.10. The topological polar surface area (TPSA) is 93.1 Å². The van der Waals surface area contributed by atoms with Crippen molar-refractivity contribution in [1.82, 2.24) is 0 Å². The summed E-state index contributed by atoms with van der Waals surface area (Å²) in [4.78, 5) is 23.2. The molecule has 126 valence electrons. The van der Waals surface area contributed by atoms with Crippen molar-refractivity contribution in [2.45, 2.75) is 51.9 Å². The summed E-state index contributed by atoms with van der Waals surface area (Å²) in [5.41, 5.74) is 2.34. The van der Waals surface area contributed by atoms with E-state index >= 15 is 0 Å². The van der Waals surface area contributed by atoms with E-state index in [0.29, 0.717) is 17.6 Å². The number of carbonyl (C=O) groups is 2. The number of esters is 2. The molecule has 0 unspecified atom stereocenters. The SMILES string of the molecule is CC(=O)O[C@H]1C[C@H](O)/C(C)=C\CC2=C(CO)C(=O)O[C@@H]2/C=C/1C. The predicted octanol–water partition coefficient (Wildman–Crippen LogP) is 1.18. The van der Waals surface area contributed by atoms with E-state index < -0.39 is 30.3 Å². The van der Waals surface area contributed by atoms with E-state index in [1.807, 2.05) is 6.08 Å². The Morgan fingerprint density at radius 1 is 1.39 bits per heavy atom. The van der Waals surface area contributed by atoms with Crippen molar-refractivity contribution in [2.24, 2.45) is 0 Å². The standard InChI is InChI=1S/C17H22O6/c1-9-4-5-12-13(8-18)17(21)23-16(12)6-10(2)15(7-14(9)20)22-11(3)19/h4,6,14-16,18,20H,5,7-8H2,1-3H3/b9-4-,10-6+/t14-,15-,16+/m0/s1. The van der Waals surface area contributed by atoms with Crippen LogP contribution in [0.5, 0.6) is 0 Å². The van der Waals surface area contributed by atoms with Crippen molar-refractivity contribution in [3.05, 3.63) is 34.4 Å². The number of aliphatic hydroxyl groups is 2. The molecule has 1 heterocycles. The van der Waals surface area contributed by atoms with Crippen molar-refractivity contribution in [1.29, 1.82) is 0 Å². The smallest absolute Gasteiger partial charge is 0.337 e. The van der Waals surface area contributed by atoms with E-state index in [0.717, 1.165) is 5.57 Å². The average Bonchev–Trinajstić information content (AvgIpc) is 2.77. The molecule has 1 aliphatic carbocycles. The minimum Gasteiger partial charge on any atom is -0.458 e. The van der Waals surface area contributed by atoms with Crippen LogP contribution in [-0.2, 0) is 19.1 Å². The van der Waals surface area contributed by atoms with E-state index in [4.69, 9.17) is 9.47 Å².